The number of benzene rings is 2. The van der Waals surface area contributed by atoms with Gasteiger partial charge in [0.15, 0.2) is 0 Å². The molecule has 5 heteroatoms. The van der Waals surface area contributed by atoms with Crippen LogP contribution in [0.2, 0.25) is 0 Å². The van der Waals surface area contributed by atoms with Gasteiger partial charge in [-0.05, 0) is 55.7 Å². The molecule has 1 N–H and O–H groups in total. The lowest BCUT2D eigenvalue weighted by Crippen LogP contribution is -2.45. The lowest BCUT2D eigenvalue weighted by Gasteiger charge is -2.34. The van der Waals surface area contributed by atoms with E-state index in [-0.39, 0.29) is 17.8 Å². The van der Waals surface area contributed by atoms with E-state index in [9.17, 15) is 9.18 Å². The third kappa shape index (κ3) is 4.10. The number of amides is 1. The number of carbonyl (C=O) groups is 1. The molecule has 1 aliphatic rings. The van der Waals surface area contributed by atoms with Crippen molar-refractivity contribution in [3.63, 3.8) is 0 Å². The molecule has 2 aromatic rings. The number of rotatable bonds is 4. The van der Waals surface area contributed by atoms with Gasteiger partial charge in [0.1, 0.15) is 11.6 Å². The minimum atomic E-state index is -0.262. The Morgan fingerprint density at radius 1 is 1.28 bits per heavy atom. The second-order valence-corrected chi connectivity index (χ2v) is 6.45. The molecule has 0 aromatic heterocycles. The predicted octanol–water partition coefficient (Wildman–Crippen LogP) is 3.86. The van der Waals surface area contributed by atoms with E-state index in [1.807, 2.05) is 24.0 Å². The summed E-state index contributed by atoms with van der Waals surface area (Å²) < 4.78 is 19.2. The highest BCUT2D eigenvalue weighted by Crippen LogP contribution is 2.22. The number of nitrogens with zero attached hydrogens (tertiary/aromatic N) is 1. The van der Waals surface area contributed by atoms with Crippen molar-refractivity contribution < 1.29 is 13.9 Å². The quantitative estimate of drug-likeness (QED) is 0.917. The molecular formula is C20H23FN2O2. The summed E-state index contributed by atoms with van der Waals surface area (Å²) in [6.45, 7) is 3.21. The molecule has 25 heavy (non-hydrogen) atoms. The molecule has 0 aliphatic carbocycles. The number of likely N-dealkylation sites (tertiary alicyclic amines) is 1. The summed E-state index contributed by atoms with van der Waals surface area (Å²) in [5.74, 6) is 0.385. The van der Waals surface area contributed by atoms with E-state index in [1.54, 1.807) is 31.4 Å². The molecule has 0 spiro atoms. The molecule has 2 aromatic carbocycles. The van der Waals surface area contributed by atoms with Crippen LogP contribution in [0.5, 0.6) is 5.75 Å². The Hall–Kier alpha value is -2.56. The maximum atomic E-state index is 14.0. The lowest BCUT2D eigenvalue weighted by atomic mass is 10.0. The second-order valence-electron chi connectivity index (χ2n) is 6.45. The molecule has 0 saturated carbocycles. The summed E-state index contributed by atoms with van der Waals surface area (Å²) in [6.07, 6.45) is 1.80. The zero-order valence-electron chi connectivity index (χ0n) is 14.6. The summed E-state index contributed by atoms with van der Waals surface area (Å²) in [6, 6.07) is 12.2. The molecule has 0 radical (unpaired) electrons. The van der Waals surface area contributed by atoms with Gasteiger partial charge in [0.2, 0.25) is 0 Å². The Morgan fingerprint density at radius 3 is 2.92 bits per heavy atom. The Balaban J connectivity index is 1.70. The molecule has 1 saturated heterocycles. The van der Waals surface area contributed by atoms with E-state index in [4.69, 9.17) is 4.74 Å². The average molecular weight is 342 g/mol. The summed E-state index contributed by atoms with van der Waals surface area (Å²) in [7, 11) is 1.58. The molecule has 1 heterocycles. The Labute approximate surface area is 147 Å². The number of anilines is 1. The fourth-order valence-electron chi connectivity index (χ4n) is 3.19. The largest absolute Gasteiger partial charge is 0.497 e. The van der Waals surface area contributed by atoms with E-state index in [0.717, 1.165) is 18.4 Å². The van der Waals surface area contributed by atoms with Crippen molar-refractivity contribution in [1.82, 2.24) is 4.90 Å². The van der Waals surface area contributed by atoms with Crippen LogP contribution in [0, 0.1) is 12.7 Å². The number of halogens is 1. The molecule has 0 bridgehead atoms. The van der Waals surface area contributed by atoms with Crippen molar-refractivity contribution in [2.75, 3.05) is 25.5 Å². The standard InChI is InChI=1S/C20H23FN2O2/c1-14-8-9-18(21)19(11-14)22-16-6-4-10-23(13-16)20(24)15-5-3-7-17(12-15)25-2/h3,5,7-9,11-12,16,22H,4,6,10,13H2,1-2H3. The van der Waals surface area contributed by atoms with Gasteiger partial charge in [0.25, 0.3) is 5.91 Å². The van der Waals surface area contributed by atoms with Crippen LogP contribution in [0.4, 0.5) is 10.1 Å². The highest BCUT2D eigenvalue weighted by Gasteiger charge is 2.25. The van der Waals surface area contributed by atoms with E-state index >= 15 is 0 Å². The molecule has 4 nitrogen and oxygen atoms in total. The van der Waals surface area contributed by atoms with Crippen LogP contribution in [0.15, 0.2) is 42.5 Å². The molecular weight excluding hydrogens is 319 g/mol. The maximum absolute atomic E-state index is 14.0. The first-order chi connectivity index (χ1) is 12.1. The van der Waals surface area contributed by atoms with Crippen molar-refractivity contribution in [3.8, 4) is 5.75 Å². The molecule has 1 unspecified atom stereocenters. The van der Waals surface area contributed by atoms with Gasteiger partial charge in [-0.3, -0.25) is 4.79 Å². The summed E-state index contributed by atoms with van der Waals surface area (Å²) in [5.41, 5.74) is 2.12. The summed E-state index contributed by atoms with van der Waals surface area (Å²) >= 11 is 0. The highest BCUT2D eigenvalue weighted by molar-refractivity contribution is 5.94. The minimum Gasteiger partial charge on any atom is -0.497 e. The number of aryl methyl sites for hydroxylation is 1. The van der Waals surface area contributed by atoms with Crippen LogP contribution >= 0.6 is 0 Å². The van der Waals surface area contributed by atoms with Crippen LogP contribution in [0.3, 0.4) is 0 Å². The number of carbonyl (C=O) groups excluding carboxylic acids is 1. The number of hydrogen-bond donors (Lipinski definition) is 1. The van der Waals surface area contributed by atoms with Gasteiger partial charge >= 0.3 is 0 Å². The predicted molar refractivity (Wildman–Crippen MR) is 96.7 cm³/mol. The normalized spacial score (nSPS) is 17.2. The van der Waals surface area contributed by atoms with Crippen molar-refractivity contribution in [1.29, 1.82) is 0 Å². The minimum absolute atomic E-state index is 0.0184. The van der Waals surface area contributed by atoms with Crippen LogP contribution in [0.25, 0.3) is 0 Å². The van der Waals surface area contributed by atoms with Crippen LogP contribution in [0.1, 0.15) is 28.8 Å². The van der Waals surface area contributed by atoms with Crippen LogP contribution in [-0.4, -0.2) is 37.0 Å². The van der Waals surface area contributed by atoms with E-state index < -0.39 is 0 Å². The van der Waals surface area contributed by atoms with Gasteiger partial charge in [-0.2, -0.15) is 0 Å². The van der Waals surface area contributed by atoms with E-state index in [2.05, 4.69) is 5.32 Å². The lowest BCUT2D eigenvalue weighted by molar-refractivity contribution is 0.0714. The zero-order chi connectivity index (χ0) is 17.8. The van der Waals surface area contributed by atoms with Crippen molar-refractivity contribution in [3.05, 3.63) is 59.4 Å². The van der Waals surface area contributed by atoms with Gasteiger partial charge in [-0.15, -0.1) is 0 Å². The third-order valence-corrected chi connectivity index (χ3v) is 4.51. The average Bonchev–Trinajstić information content (AvgIpc) is 2.64. The van der Waals surface area contributed by atoms with E-state index in [0.29, 0.717) is 30.1 Å². The van der Waals surface area contributed by atoms with Gasteiger partial charge in [0, 0.05) is 24.7 Å². The number of hydrogen-bond acceptors (Lipinski definition) is 3. The topological polar surface area (TPSA) is 41.6 Å². The number of methoxy groups -OCH3 is 1. The first-order valence-corrected chi connectivity index (χ1v) is 8.53. The van der Waals surface area contributed by atoms with Crippen molar-refractivity contribution >= 4 is 11.6 Å². The van der Waals surface area contributed by atoms with Gasteiger partial charge in [-0.1, -0.05) is 12.1 Å². The first-order valence-electron chi connectivity index (χ1n) is 8.53. The third-order valence-electron chi connectivity index (χ3n) is 4.51. The molecule has 1 amide bonds. The second kappa shape index (κ2) is 7.55. The summed E-state index contributed by atoms with van der Waals surface area (Å²) in [4.78, 5) is 14.6. The molecule has 1 aliphatic heterocycles. The zero-order valence-corrected chi connectivity index (χ0v) is 14.6. The smallest absolute Gasteiger partial charge is 0.254 e. The molecule has 3 rings (SSSR count). The summed E-state index contributed by atoms with van der Waals surface area (Å²) in [5, 5.41) is 3.26. The van der Waals surface area contributed by atoms with E-state index in [1.165, 1.54) is 6.07 Å². The Kier molecular flexibility index (Phi) is 5.22. The number of nitrogens with one attached hydrogen (secondary N) is 1. The Morgan fingerprint density at radius 2 is 2.12 bits per heavy atom. The van der Waals surface area contributed by atoms with Crippen LogP contribution < -0.4 is 10.1 Å². The molecule has 1 fully saturated rings. The number of ether oxygens (including phenoxy) is 1. The SMILES string of the molecule is COc1cccc(C(=O)N2CCCC(Nc3cc(C)ccc3F)C2)c1. The fourth-order valence-corrected chi connectivity index (χ4v) is 3.19. The molecule has 132 valence electrons. The van der Waals surface area contributed by atoms with Crippen LogP contribution in [-0.2, 0) is 0 Å². The van der Waals surface area contributed by atoms with Gasteiger partial charge in [-0.25, -0.2) is 4.39 Å². The fraction of sp³-hybridized carbons (Fsp3) is 0.350. The highest BCUT2D eigenvalue weighted by atomic mass is 19.1. The van der Waals surface area contributed by atoms with Crippen molar-refractivity contribution in [2.45, 2.75) is 25.8 Å². The maximum Gasteiger partial charge on any atom is 0.254 e. The monoisotopic (exact) mass is 342 g/mol. The Bertz CT molecular complexity index is 763. The van der Waals surface area contributed by atoms with Gasteiger partial charge < -0.3 is 15.0 Å². The first kappa shape index (κ1) is 17.3. The van der Waals surface area contributed by atoms with Gasteiger partial charge in [0.05, 0.1) is 12.8 Å². The van der Waals surface area contributed by atoms with Crippen molar-refractivity contribution in [2.24, 2.45) is 0 Å². The number of piperidine rings is 1. The molecule has 1 atom stereocenters.